The van der Waals surface area contributed by atoms with Gasteiger partial charge in [0.2, 0.25) is 5.91 Å². The van der Waals surface area contributed by atoms with Gasteiger partial charge in [-0.1, -0.05) is 6.07 Å². The van der Waals surface area contributed by atoms with Crippen molar-refractivity contribution in [1.29, 1.82) is 0 Å². The molecule has 1 aromatic rings. The van der Waals surface area contributed by atoms with E-state index >= 15 is 0 Å². The molecule has 2 aliphatic heterocycles. The number of hydrogen-bond donors (Lipinski definition) is 3. The molecule has 3 rings (SSSR count). The highest BCUT2D eigenvalue weighted by atomic mass is 16.7. The molecule has 1 fully saturated rings. The minimum Gasteiger partial charge on any atom is -0.480 e. The van der Waals surface area contributed by atoms with E-state index in [0.29, 0.717) is 17.9 Å². The predicted octanol–water partition coefficient (Wildman–Crippen LogP) is -0.698. The summed E-state index contributed by atoms with van der Waals surface area (Å²) >= 11 is 0. The lowest BCUT2D eigenvalue weighted by molar-refractivity contribution is -0.172. The maximum absolute atomic E-state index is 12.4. The number of carbonyl (C=O) groups is 8. The smallest absolute Gasteiger partial charge is 0.363 e. The number of nitrogens with one attached hydrogen (secondary N) is 2. The molecule has 14 heteroatoms. The highest BCUT2D eigenvalue weighted by Crippen LogP contribution is 2.15. The fourth-order valence-corrected chi connectivity index (χ4v) is 3.62. The summed E-state index contributed by atoms with van der Waals surface area (Å²) in [5, 5.41) is 14.3. The Kier molecular flexibility index (Phi) is 9.03. The number of imide groups is 2. The fourth-order valence-electron chi connectivity index (χ4n) is 3.62. The number of carboxylic acids is 1. The molecule has 1 saturated heterocycles. The number of carboxylic acid groups (broad SMARTS) is 1. The molecule has 0 aliphatic carbocycles. The van der Waals surface area contributed by atoms with E-state index in [9.17, 15) is 43.5 Å². The number of aliphatic carboxylic acids is 1. The minimum absolute atomic E-state index is 0.0263. The van der Waals surface area contributed by atoms with E-state index in [1.807, 2.05) is 0 Å². The highest BCUT2D eigenvalue weighted by Gasteiger charge is 2.33. The van der Waals surface area contributed by atoms with Gasteiger partial charge in [0.25, 0.3) is 29.5 Å². The fraction of sp³-hybridized carbons (Fsp3) is 0.333. The SMILES string of the molecule is O=C(CNC(=O)c1cccc(C(=O)ON2C(=O)CCC2=O)c1)N[C@@H](CCCCN1C(=O)C=CC1=O)C(=O)O. The summed E-state index contributed by atoms with van der Waals surface area (Å²) in [4.78, 5) is 101. The van der Waals surface area contributed by atoms with Gasteiger partial charge < -0.3 is 20.6 Å². The molecule has 0 unspecified atom stereocenters. The summed E-state index contributed by atoms with van der Waals surface area (Å²) in [5.74, 6) is -6.03. The zero-order valence-corrected chi connectivity index (χ0v) is 20.0. The topological polar surface area (TPSA) is 197 Å². The molecular formula is C24H24N4O10. The molecule has 0 bridgehead atoms. The van der Waals surface area contributed by atoms with Crippen LogP contribution in [-0.4, -0.2) is 81.6 Å². The van der Waals surface area contributed by atoms with Crippen LogP contribution in [0.4, 0.5) is 0 Å². The lowest BCUT2D eigenvalue weighted by Gasteiger charge is -2.16. The molecule has 2 aliphatic rings. The van der Waals surface area contributed by atoms with Crippen molar-refractivity contribution in [3.8, 4) is 0 Å². The summed E-state index contributed by atoms with van der Waals surface area (Å²) < 4.78 is 0. The van der Waals surface area contributed by atoms with Crippen molar-refractivity contribution in [1.82, 2.24) is 20.6 Å². The lowest BCUT2D eigenvalue weighted by Crippen LogP contribution is -2.45. The average Bonchev–Trinajstić information content (AvgIpc) is 3.38. The zero-order valence-electron chi connectivity index (χ0n) is 20.0. The van der Waals surface area contributed by atoms with Crippen LogP contribution in [0.1, 0.15) is 52.8 Å². The number of amides is 6. The lowest BCUT2D eigenvalue weighted by atomic mass is 10.1. The average molecular weight is 528 g/mol. The summed E-state index contributed by atoms with van der Waals surface area (Å²) in [6.45, 7) is -0.436. The van der Waals surface area contributed by atoms with Crippen molar-refractivity contribution in [3.63, 3.8) is 0 Å². The first-order chi connectivity index (χ1) is 18.1. The quantitative estimate of drug-likeness (QED) is 0.230. The van der Waals surface area contributed by atoms with Gasteiger partial charge >= 0.3 is 11.9 Å². The first-order valence-electron chi connectivity index (χ1n) is 11.6. The second kappa shape index (κ2) is 12.4. The Bertz CT molecular complexity index is 1190. The van der Waals surface area contributed by atoms with Crippen LogP contribution >= 0.6 is 0 Å². The molecule has 200 valence electrons. The van der Waals surface area contributed by atoms with Crippen molar-refractivity contribution in [2.75, 3.05) is 13.1 Å². The van der Waals surface area contributed by atoms with Gasteiger partial charge in [0.1, 0.15) is 6.04 Å². The van der Waals surface area contributed by atoms with E-state index in [0.717, 1.165) is 23.1 Å². The monoisotopic (exact) mass is 528 g/mol. The van der Waals surface area contributed by atoms with Crippen molar-refractivity contribution in [2.45, 2.75) is 38.1 Å². The third-order valence-electron chi connectivity index (χ3n) is 5.61. The molecule has 0 aromatic heterocycles. The maximum atomic E-state index is 12.4. The molecule has 38 heavy (non-hydrogen) atoms. The molecule has 1 aromatic carbocycles. The van der Waals surface area contributed by atoms with Crippen molar-refractivity contribution < 1.29 is 48.3 Å². The summed E-state index contributed by atoms with van der Waals surface area (Å²) in [7, 11) is 0. The van der Waals surface area contributed by atoms with E-state index in [1.54, 1.807) is 0 Å². The van der Waals surface area contributed by atoms with E-state index < -0.39 is 60.0 Å². The summed E-state index contributed by atoms with van der Waals surface area (Å²) in [6, 6.07) is 3.91. The van der Waals surface area contributed by atoms with Gasteiger partial charge in [-0.15, -0.1) is 5.06 Å². The molecular weight excluding hydrogens is 504 g/mol. The second-order valence-electron chi connectivity index (χ2n) is 8.34. The van der Waals surface area contributed by atoms with Gasteiger partial charge in [-0.2, -0.15) is 0 Å². The van der Waals surface area contributed by atoms with Crippen molar-refractivity contribution >= 4 is 47.4 Å². The number of benzene rings is 1. The zero-order chi connectivity index (χ0) is 27.8. The number of nitrogens with zero attached hydrogens (tertiary/aromatic N) is 2. The normalized spacial score (nSPS) is 15.6. The number of rotatable bonds is 12. The molecule has 1 atom stereocenters. The van der Waals surface area contributed by atoms with Crippen LogP contribution in [0.15, 0.2) is 36.4 Å². The Labute approximate surface area is 215 Å². The van der Waals surface area contributed by atoms with Crippen LogP contribution in [0, 0.1) is 0 Å². The van der Waals surface area contributed by atoms with Crippen LogP contribution < -0.4 is 10.6 Å². The highest BCUT2D eigenvalue weighted by molar-refractivity contribution is 6.12. The second-order valence-corrected chi connectivity index (χ2v) is 8.34. The van der Waals surface area contributed by atoms with E-state index in [4.69, 9.17) is 4.84 Å². The molecule has 3 N–H and O–H groups in total. The van der Waals surface area contributed by atoms with Gasteiger partial charge in [0.15, 0.2) is 0 Å². The molecule has 6 amide bonds. The minimum atomic E-state index is -1.29. The van der Waals surface area contributed by atoms with Gasteiger partial charge in [-0.25, -0.2) is 9.59 Å². The Morgan fingerprint density at radius 3 is 2.21 bits per heavy atom. The third-order valence-corrected chi connectivity index (χ3v) is 5.61. The van der Waals surface area contributed by atoms with Crippen LogP contribution in [0.5, 0.6) is 0 Å². The van der Waals surface area contributed by atoms with Crippen LogP contribution in [0.3, 0.4) is 0 Å². The van der Waals surface area contributed by atoms with Gasteiger partial charge in [0.05, 0.1) is 12.1 Å². The summed E-state index contributed by atoms with van der Waals surface area (Å²) in [5.41, 5.74) is -0.143. The molecule has 0 spiro atoms. The number of hydrogen-bond acceptors (Lipinski definition) is 9. The molecule has 2 heterocycles. The van der Waals surface area contributed by atoms with E-state index in [-0.39, 0.29) is 36.9 Å². The Morgan fingerprint density at radius 1 is 0.947 bits per heavy atom. The van der Waals surface area contributed by atoms with E-state index in [2.05, 4.69) is 10.6 Å². The first-order valence-corrected chi connectivity index (χ1v) is 11.6. The van der Waals surface area contributed by atoms with Crippen molar-refractivity contribution in [3.05, 3.63) is 47.5 Å². The predicted molar refractivity (Wildman–Crippen MR) is 125 cm³/mol. The Hall–Kier alpha value is -4.88. The number of carbonyl (C=O) groups excluding carboxylic acids is 7. The summed E-state index contributed by atoms with van der Waals surface area (Å²) in [6.07, 6.45) is 2.84. The Balaban J connectivity index is 1.45. The van der Waals surface area contributed by atoms with Crippen molar-refractivity contribution in [2.24, 2.45) is 0 Å². The largest absolute Gasteiger partial charge is 0.480 e. The third kappa shape index (κ3) is 7.09. The van der Waals surface area contributed by atoms with Gasteiger partial charge in [-0.3, -0.25) is 33.7 Å². The number of unbranched alkanes of at least 4 members (excludes halogenated alkanes) is 1. The molecule has 14 nitrogen and oxygen atoms in total. The number of hydroxylamine groups is 2. The molecule has 0 radical (unpaired) electrons. The van der Waals surface area contributed by atoms with Crippen LogP contribution in [0.25, 0.3) is 0 Å². The maximum Gasteiger partial charge on any atom is 0.363 e. The van der Waals surface area contributed by atoms with Gasteiger partial charge in [0, 0.05) is 37.1 Å². The first kappa shape index (κ1) is 27.7. The standard InChI is InChI=1S/C24H24N4O10/c29-17(26-16(23(35)36)6-1-2-11-27-18(30)7-8-19(27)31)13-25-22(34)14-4-3-5-15(12-14)24(37)38-28-20(32)9-10-21(28)33/h3-5,7-8,12,16H,1-2,6,9-11,13H2,(H,25,34)(H,26,29)(H,35,36)/t16-/m0/s1. The van der Waals surface area contributed by atoms with Crippen LogP contribution in [0.2, 0.25) is 0 Å². The van der Waals surface area contributed by atoms with E-state index in [1.165, 1.54) is 18.2 Å². The van der Waals surface area contributed by atoms with Crippen LogP contribution in [-0.2, 0) is 33.6 Å². The Morgan fingerprint density at radius 2 is 1.58 bits per heavy atom. The van der Waals surface area contributed by atoms with Gasteiger partial charge in [-0.05, 0) is 37.5 Å². The molecule has 0 saturated carbocycles.